The van der Waals surface area contributed by atoms with Gasteiger partial charge in [-0.25, -0.2) is 13.6 Å². The Kier molecular flexibility index (Phi) is 9.54. The normalized spacial score (nSPS) is 12.7. The maximum Gasteiger partial charge on any atom is 0.335 e. The lowest BCUT2D eigenvalue weighted by atomic mass is 9.92. The molecule has 0 heterocycles. The minimum Gasteiger partial charge on any atom is -0.478 e. The highest BCUT2D eigenvalue weighted by Gasteiger charge is 2.21. The molecular weight excluding hydrogens is 502 g/mol. The molecule has 37 heavy (non-hydrogen) atoms. The van der Waals surface area contributed by atoms with Gasteiger partial charge in [-0.3, -0.25) is 15.5 Å². The van der Waals surface area contributed by atoms with Crippen LogP contribution in [-0.4, -0.2) is 22.2 Å². The Bertz CT molecular complexity index is 1330. The molecule has 1 amide bonds. The summed E-state index contributed by atoms with van der Waals surface area (Å²) in [6.07, 6.45) is 3.27. The van der Waals surface area contributed by atoms with Crippen LogP contribution in [0.5, 0.6) is 0 Å². The van der Waals surface area contributed by atoms with Crippen molar-refractivity contribution in [3.8, 4) is 0 Å². The number of hydrogen-bond acceptors (Lipinski definition) is 4. The zero-order valence-corrected chi connectivity index (χ0v) is 20.6. The maximum atomic E-state index is 14.7. The van der Waals surface area contributed by atoms with Crippen LogP contribution in [0.15, 0.2) is 84.6 Å². The number of carboxylic acid groups (broad SMARTS) is 1. The molecule has 9 heteroatoms. The number of carboxylic acids is 1. The number of halogens is 3. The maximum absolute atomic E-state index is 14.7. The van der Waals surface area contributed by atoms with Crippen molar-refractivity contribution < 1.29 is 28.7 Å². The van der Waals surface area contributed by atoms with Gasteiger partial charge in [0.05, 0.1) is 16.1 Å². The van der Waals surface area contributed by atoms with Crippen LogP contribution in [-0.2, 0) is 11.2 Å². The molecule has 0 saturated heterocycles. The van der Waals surface area contributed by atoms with Gasteiger partial charge in [0.15, 0.2) is 5.82 Å². The Morgan fingerprint density at radius 2 is 1.70 bits per heavy atom. The van der Waals surface area contributed by atoms with Crippen molar-refractivity contribution >= 4 is 34.7 Å². The molecule has 0 fully saturated rings. The van der Waals surface area contributed by atoms with Gasteiger partial charge in [0, 0.05) is 23.4 Å². The quantitative estimate of drug-likeness (QED) is 0.138. The SMILES string of the molecule is CC(=C/CC(Cc1ccccc1)C(=O)Nc1ccc(C(=O)O)cc1)/C(=C\NO)c1c(F)ccc(Cl)c1F. The number of benzene rings is 3. The molecular formula is C28H25ClF2N2O4. The third kappa shape index (κ3) is 7.25. The molecule has 3 rings (SSSR count). The summed E-state index contributed by atoms with van der Waals surface area (Å²) in [5.41, 5.74) is 3.27. The Morgan fingerprint density at radius 3 is 2.32 bits per heavy atom. The van der Waals surface area contributed by atoms with Gasteiger partial charge in [-0.05, 0) is 67.3 Å². The van der Waals surface area contributed by atoms with E-state index in [0.717, 1.165) is 23.9 Å². The highest BCUT2D eigenvalue weighted by Crippen LogP contribution is 2.32. The Morgan fingerprint density at radius 1 is 1.03 bits per heavy atom. The van der Waals surface area contributed by atoms with Crippen molar-refractivity contribution in [3.05, 3.63) is 118 Å². The third-order valence-electron chi connectivity index (χ3n) is 5.75. The first-order valence-electron chi connectivity index (χ1n) is 11.3. The van der Waals surface area contributed by atoms with E-state index in [0.29, 0.717) is 17.7 Å². The van der Waals surface area contributed by atoms with Crippen molar-refractivity contribution in [2.75, 3.05) is 5.32 Å². The minimum absolute atomic E-state index is 0.0307. The number of allylic oxidation sites excluding steroid dienone is 3. The van der Waals surface area contributed by atoms with Gasteiger partial charge < -0.3 is 10.4 Å². The van der Waals surface area contributed by atoms with E-state index in [4.69, 9.17) is 16.7 Å². The Labute approximate surface area is 217 Å². The molecule has 0 aromatic heterocycles. The molecule has 1 unspecified atom stereocenters. The summed E-state index contributed by atoms with van der Waals surface area (Å²) in [6.45, 7) is 1.60. The second kappa shape index (κ2) is 12.8. The van der Waals surface area contributed by atoms with E-state index in [2.05, 4.69) is 5.32 Å². The summed E-state index contributed by atoms with van der Waals surface area (Å²) in [7, 11) is 0. The number of nitrogens with one attached hydrogen (secondary N) is 2. The molecule has 0 aliphatic heterocycles. The molecule has 0 spiro atoms. The van der Waals surface area contributed by atoms with E-state index in [1.165, 1.54) is 24.3 Å². The van der Waals surface area contributed by atoms with Gasteiger partial charge in [-0.15, -0.1) is 0 Å². The van der Waals surface area contributed by atoms with E-state index < -0.39 is 29.1 Å². The molecule has 1 atom stereocenters. The number of carbonyl (C=O) groups is 2. The molecule has 3 aromatic carbocycles. The lowest BCUT2D eigenvalue weighted by Crippen LogP contribution is -2.24. The van der Waals surface area contributed by atoms with Gasteiger partial charge >= 0.3 is 5.97 Å². The summed E-state index contributed by atoms with van der Waals surface area (Å²) in [5.74, 6) is -3.80. The minimum atomic E-state index is -1.07. The van der Waals surface area contributed by atoms with Crippen molar-refractivity contribution in [1.29, 1.82) is 0 Å². The number of anilines is 1. The van der Waals surface area contributed by atoms with Crippen LogP contribution in [0.1, 0.15) is 34.8 Å². The molecule has 6 nitrogen and oxygen atoms in total. The first-order valence-corrected chi connectivity index (χ1v) is 11.7. The monoisotopic (exact) mass is 526 g/mol. The average Bonchev–Trinajstić information content (AvgIpc) is 2.89. The zero-order chi connectivity index (χ0) is 26.9. The van der Waals surface area contributed by atoms with Crippen molar-refractivity contribution in [3.63, 3.8) is 0 Å². The average molecular weight is 527 g/mol. The summed E-state index contributed by atoms with van der Waals surface area (Å²) >= 11 is 5.84. The molecule has 4 N–H and O–H groups in total. The number of rotatable bonds is 10. The van der Waals surface area contributed by atoms with Crippen LogP contribution in [0.3, 0.4) is 0 Å². The number of hydroxylamine groups is 1. The van der Waals surface area contributed by atoms with Crippen LogP contribution in [0.4, 0.5) is 14.5 Å². The van der Waals surface area contributed by atoms with Crippen molar-refractivity contribution in [2.24, 2.45) is 5.92 Å². The predicted molar refractivity (Wildman–Crippen MR) is 138 cm³/mol. The molecule has 3 aromatic rings. The highest BCUT2D eigenvalue weighted by atomic mass is 35.5. The second-order valence-corrected chi connectivity index (χ2v) is 8.69. The lowest BCUT2D eigenvalue weighted by Gasteiger charge is -2.17. The summed E-state index contributed by atoms with van der Waals surface area (Å²) < 4.78 is 29.2. The lowest BCUT2D eigenvalue weighted by molar-refractivity contribution is -0.119. The zero-order valence-electron chi connectivity index (χ0n) is 19.8. The molecule has 0 saturated carbocycles. The van der Waals surface area contributed by atoms with E-state index >= 15 is 0 Å². The van der Waals surface area contributed by atoms with Crippen LogP contribution < -0.4 is 10.8 Å². The van der Waals surface area contributed by atoms with Crippen LogP contribution in [0.25, 0.3) is 5.57 Å². The molecule has 0 aliphatic carbocycles. The fraction of sp³-hybridized carbons (Fsp3) is 0.143. The predicted octanol–water partition coefficient (Wildman–Crippen LogP) is 6.47. The van der Waals surface area contributed by atoms with E-state index in [1.54, 1.807) is 13.0 Å². The van der Waals surface area contributed by atoms with Gasteiger partial charge in [0.25, 0.3) is 0 Å². The first kappa shape index (κ1) is 27.6. The molecule has 0 aliphatic rings. The van der Waals surface area contributed by atoms with Crippen molar-refractivity contribution in [2.45, 2.75) is 19.8 Å². The number of aromatic carboxylic acids is 1. The summed E-state index contributed by atoms with van der Waals surface area (Å²) in [5, 5.41) is 20.8. The van der Waals surface area contributed by atoms with Gasteiger partial charge in [-0.2, -0.15) is 0 Å². The van der Waals surface area contributed by atoms with Crippen LogP contribution in [0, 0.1) is 17.6 Å². The topological polar surface area (TPSA) is 98.7 Å². The fourth-order valence-corrected chi connectivity index (χ4v) is 3.93. The standard InChI is InChI=1S/C28H25ClF2N2O4/c1-17(22(16-32-37)25-24(30)14-13-23(29)26(25)31)7-8-20(15-18-5-3-2-4-6-18)27(34)33-21-11-9-19(10-12-21)28(35)36/h2-7,9-14,16,20,32,37H,8,15H2,1H3,(H,33,34)(H,35,36)/b17-7-,22-16+. The molecule has 0 radical (unpaired) electrons. The summed E-state index contributed by atoms with van der Waals surface area (Å²) in [4.78, 5) is 24.3. The smallest absolute Gasteiger partial charge is 0.335 e. The number of hydrogen-bond donors (Lipinski definition) is 4. The van der Waals surface area contributed by atoms with E-state index in [-0.39, 0.29) is 28.5 Å². The fourth-order valence-electron chi connectivity index (χ4n) is 3.77. The highest BCUT2D eigenvalue weighted by molar-refractivity contribution is 6.31. The molecule has 192 valence electrons. The van der Waals surface area contributed by atoms with Crippen molar-refractivity contribution in [1.82, 2.24) is 5.48 Å². The number of amides is 1. The van der Waals surface area contributed by atoms with E-state index in [9.17, 15) is 23.6 Å². The van der Waals surface area contributed by atoms with Crippen LogP contribution >= 0.6 is 11.6 Å². The van der Waals surface area contributed by atoms with Gasteiger partial charge in [0.1, 0.15) is 5.82 Å². The Balaban J connectivity index is 1.89. The first-order chi connectivity index (χ1) is 17.7. The number of carbonyl (C=O) groups excluding carboxylic acids is 1. The van der Waals surface area contributed by atoms with Gasteiger partial charge in [0.2, 0.25) is 5.91 Å². The van der Waals surface area contributed by atoms with Gasteiger partial charge in [-0.1, -0.05) is 48.0 Å². The van der Waals surface area contributed by atoms with Crippen LogP contribution in [0.2, 0.25) is 5.02 Å². The Hall–Kier alpha value is -4.01. The van der Waals surface area contributed by atoms with E-state index in [1.807, 2.05) is 35.8 Å². The second-order valence-electron chi connectivity index (χ2n) is 8.29. The summed E-state index contributed by atoms with van der Waals surface area (Å²) in [6, 6.07) is 17.3. The molecule has 0 bridgehead atoms. The largest absolute Gasteiger partial charge is 0.478 e. The third-order valence-corrected chi connectivity index (χ3v) is 6.04.